The van der Waals surface area contributed by atoms with Gasteiger partial charge in [0.25, 0.3) is 0 Å². The minimum absolute atomic E-state index is 0.380. The predicted molar refractivity (Wildman–Crippen MR) is 65.4 cm³/mol. The average Bonchev–Trinajstić information content (AvgIpc) is 2.23. The second kappa shape index (κ2) is 4.49. The summed E-state index contributed by atoms with van der Waals surface area (Å²) in [5.74, 6) is 0.380. The fraction of sp³-hybridized carbons (Fsp3) is 0.455. The third-order valence-corrected chi connectivity index (χ3v) is 3.55. The SMILES string of the molecule is Oc1ccc([C@@H]2CCCCN2)cc1I. The summed E-state index contributed by atoms with van der Waals surface area (Å²) < 4.78 is 0.937. The number of rotatable bonds is 1. The molecule has 1 aliphatic heterocycles. The highest BCUT2D eigenvalue weighted by Crippen LogP contribution is 2.27. The van der Waals surface area contributed by atoms with E-state index in [9.17, 15) is 5.11 Å². The summed E-state index contributed by atoms with van der Waals surface area (Å²) in [6, 6.07) is 6.35. The van der Waals surface area contributed by atoms with Crippen LogP contribution in [0.2, 0.25) is 0 Å². The van der Waals surface area contributed by atoms with Crippen LogP contribution in [0.15, 0.2) is 18.2 Å². The zero-order chi connectivity index (χ0) is 9.97. The van der Waals surface area contributed by atoms with Crippen LogP contribution in [0.5, 0.6) is 5.75 Å². The van der Waals surface area contributed by atoms with Crippen molar-refractivity contribution in [3.05, 3.63) is 27.3 Å². The van der Waals surface area contributed by atoms with Crippen LogP contribution in [0.25, 0.3) is 0 Å². The summed E-state index contributed by atoms with van der Waals surface area (Å²) in [6.07, 6.45) is 3.79. The van der Waals surface area contributed by atoms with Crippen molar-refractivity contribution in [2.75, 3.05) is 6.54 Å². The molecule has 1 aromatic rings. The van der Waals surface area contributed by atoms with E-state index < -0.39 is 0 Å². The number of nitrogens with one attached hydrogen (secondary N) is 1. The van der Waals surface area contributed by atoms with Crippen LogP contribution >= 0.6 is 22.6 Å². The lowest BCUT2D eigenvalue weighted by Crippen LogP contribution is -2.26. The van der Waals surface area contributed by atoms with E-state index in [0.29, 0.717) is 11.8 Å². The Morgan fingerprint density at radius 2 is 2.21 bits per heavy atom. The Bertz CT molecular complexity index is 321. The Kier molecular flexibility index (Phi) is 3.28. The molecule has 76 valence electrons. The molecular weight excluding hydrogens is 289 g/mol. The minimum Gasteiger partial charge on any atom is -0.507 e. The summed E-state index contributed by atoms with van der Waals surface area (Å²) in [5.41, 5.74) is 1.30. The summed E-state index contributed by atoms with van der Waals surface area (Å²) in [4.78, 5) is 0. The molecular formula is C11H14INO. The summed E-state index contributed by atoms with van der Waals surface area (Å²) in [6.45, 7) is 1.11. The van der Waals surface area contributed by atoms with E-state index in [1.54, 1.807) is 6.07 Å². The molecule has 0 amide bonds. The Labute approximate surface area is 97.9 Å². The highest BCUT2D eigenvalue weighted by molar-refractivity contribution is 14.1. The molecule has 0 unspecified atom stereocenters. The molecule has 1 saturated heterocycles. The largest absolute Gasteiger partial charge is 0.507 e. The molecule has 1 fully saturated rings. The van der Waals surface area contributed by atoms with E-state index in [0.717, 1.165) is 10.1 Å². The van der Waals surface area contributed by atoms with Crippen molar-refractivity contribution < 1.29 is 5.11 Å². The molecule has 1 aromatic carbocycles. The van der Waals surface area contributed by atoms with Crippen molar-refractivity contribution in [1.82, 2.24) is 5.32 Å². The van der Waals surface area contributed by atoms with Gasteiger partial charge in [0.2, 0.25) is 0 Å². The van der Waals surface area contributed by atoms with Crippen LogP contribution in [0.3, 0.4) is 0 Å². The van der Waals surface area contributed by atoms with Crippen LogP contribution in [-0.2, 0) is 0 Å². The predicted octanol–water partition coefficient (Wildman–Crippen LogP) is 2.81. The number of phenols is 1. The van der Waals surface area contributed by atoms with Gasteiger partial charge in [0.15, 0.2) is 0 Å². The zero-order valence-corrected chi connectivity index (χ0v) is 10.1. The van der Waals surface area contributed by atoms with E-state index in [4.69, 9.17) is 0 Å². The van der Waals surface area contributed by atoms with Crippen molar-refractivity contribution in [3.63, 3.8) is 0 Å². The van der Waals surface area contributed by atoms with Gasteiger partial charge in [-0.15, -0.1) is 0 Å². The number of aromatic hydroxyl groups is 1. The number of halogens is 1. The van der Waals surface area contributed by atoms with Crippen molar-refractivity contribution in [2.24, 2.45) is 0 Å². The molecule has 0 aromatic heterocycles. The number of piperidine rings is 1. The number of hydrogen-bond donors (Lipinski definition) is 2. The lowest BCUT2D eigenvalue weighted by molar-refractivity contribution is 0.411. The maximum atomic E-state index is 9.41. The van der Waals surface area contributed by atoms with Crippen molar-refractivity contribution >= 4 is 22.6 Å². The van der Waals surface area contributed by atoms with Gasteiger partial charge in [-0.3, -0.25) is 0 Å². The quantitative estimate of drug-likeness (QED) is 0.782. The van der Waals surface area contributed by atoms with Gasteiger partial charge in [0, 0.05) is 6.04 Å². The van der Waals surface area contributed by atoms with Gasteiger partial charge >= 0.3 is 0 Å². The molecule has 3 heteroatoms. The van der Waals surface area contributed by atoms with E-state index in [2.05, 4.69) is 34.0 Å². The fourth-order valence-corrected chi connectivity index (χ4v) is 2.42. The van der Waals surface area contributed by atoms with Gasteiger partial charge in [0.1, 0.15) is 5.75 Å². The number of hydrogen-bond acceptors (Lipinski definition) is 2. The molecule has 0 aliphatic carbocycles. The van der Waals surface area contributed by atoms with Crippen molar-refractivity contribution in [2.45, 2.75) is 25.3 Å². The monoisotopic (exact) mass is 303 g/mol. The smallest absolute Gasteiger partial charge is 0.128 e. The maximum Gasteiger partial charge on any atom is 0.128 e. The molecule has 1 heterocycles. The van der Waals surface area contributed by atoms with Crippen molar-refractivity contribution in [3.8, 4) is 5.75 Å². The lowest BCUT2D eigenvalue weighted by atomic mass is 9.98. The molecule has 0 saturated carbocycles. The molecule has 1 aliphatic rings. The number of phenolic OH excluding ortho intramolecular Hbond substituents is 1. The topological polar surface area (TPSA) is 32.3 Å². The van der Waals surface area contributed by atoms with Gasteiger partial charge in [0.05, 0.1) is 3.57 Å². The first-order valence-corrected chi connectivity index (χ1v) is 6.07. The highest BCUT2D eigenvalue weighted by Gasteiger charge is 2.15. The Balaban J connectivity index is 2.18. The Morgan fingerprint density at radius 3 is 2.86 bits per heavy atom. The zero-order valence-electron chi connectivity index (χ0n) is 7.96. The van der Waals surface area contributed by atoms with Crippen LogP contribution in [0, 0.1) is 3.57 Å². The van der Waals surface area contributed by atoms with Crippen LogP contribution in [0.1, 0.15) is 30.9 Å². The van der Waals surface area contributed by atoms with E-state index in [-0.39, 0.29) is 0 Å². The third kappa shape index (κ3) is 2.20. The first-order valence-electron chi connectivity index (χ1n) is 4.99. The highest BCUT2D eigenvalue weighted by atomic mass is 127. The van der Waals surface area contributed by atoms with Gasteiger partial charge < -0.3 is 10.4 Å². The Hall–Kier alpha value is -0.290. The molecule has 2 N–H and O–H groups in total. The first-order chi connectivity index (χ1) is 6.77. The van der Waals surface area contributed by atoms with E-state index >= 15 is 0 Å². The van der Waals surface area contributed by atoms with Crippen LogP contribution in [0.4, 0.5) is 0 Å². The second-order valence-corrected chi connectivity index (χ2v) is 4.88. The molecule has 2 nitrogen and oxygen atoms in total. The first kappa shape index (κ1) is 10.2. The summed E-state index contributed by atoms with van der Waals surface area (Å²) in [7, 11) is 0. The van der Waals surface area contributed by atoms with Crippen molar-refractivity contribution in [1.29, 1.82) is 0 Å². The van der Waals surface area contributed by atoms with Crippen LogP contribution < -0.4 is 5.32 Å². The molecule has 0 radical (unpaired) electrons. The Morgan fingerprint density at radius 1 is 1.36 bits per heavy atom. The van der Waals surface area contributed by atoms with Gasteiger partial charge in [-0.05, 0) is 59.7 Å². The van der Waals surface area contributed by atoms with Gasteiger partial charge in [-0.1, -0.05) is 12.5 Å². The average molecular weight is 303 g/mol. The normalized spacial score (nSPS) is 22.2. The molecule has 14 heavy (non-hydrogen) atoms. The fourth-order valence-electron chi connectivity index (χ4n) is 1.88. The third-order valence-electron chi connectivity index (χ3n) is 2.68. The van der Waals surface area contributed by atoms with E-state index in [1.165, 1.54) is 24.8 Å². The van der Waals surface area contributed by atoms with Gasteiger partial charge in [-0.2, -0.15) is 0 Å². The lowest BCUT2D eigenvalue weighted by Gasteiger charge is -2.24. The summed E-state index contributed by atoms with van der Waals surface area (Å²) in [5, 5.41) is 12.9. The molecule has 1 atom stereocenters. The standard InChI is InChI=1S/C11H14INO/c12-9-7-8(4-5-11(9)14)10-3-1-2-6-13-10/h4-5,7,10,13-14H,1-3,6H2/t10-/m0/s1. The molecule has 0 spiro atoms. The summed E-state index contributed by atoms with van der Waals surface area (Å²) >= 11 is 2.17. The second-order valence-electron chi connectivity index (χ2n) is 3.71. The maximum absolute atomic E-state index is 9.41. The molecule has 0 bridgehead atoms. The van der Waals surface area contributed by atoms with Crippen LogP contribution in [-0.4, -0.2) is 11.7 Å². The molecule has 2 rings (SSSR count). The van der Waals surface area contributed by atoms with E-state index in [1.807, 2.05) is 6.07 Å². The number of benzene rings is 1. The van der Waals surface area contributed by atoms with Gasteiger partial charge in [-0.25, -0.2) is 0 Å². The minimum atomic E-state index is 0.380.